The number of hydrogen-bond acceptors (Lipinski definition) is 3. The molecule has 0 bridgehead atoms. The lowest BCUT2D eigenvalue weighted by Gasteiger charge is -2.28. The summed E-state index contributed by atoms with van der Waals surface area (Å²) in [7, 11) is 0. The molecule has 1 aromatic carbocycles. The zero-order valence-corrected chi connectivity index (χ0v) is 11.8. The Labute approximate surface area is 117 Å². The van der Waals surface area contributed by atoms with Crippen molar-refractivity contribution in [2.75, 3.05) is 12.0 Å². The van der Waals surface area contributed by atoms with Crippen LogP contribution in [-0.2, 0) is 0 Å². The highest BCUT2D eigenvalue weighted by Gasteiger charge is 2.22. The molecule has 1 saturated carbocycles. The highest BCUT2D eigenvalue weighted by Crippen LogP contribution is 2.27. The van der Waals surface area contributed by atoms with E-state index in [-0.39, 0.29) is 17.6 Å². The fourth-order valence-corrected chi connectivity index (χ4v) is 3.12. The molecular formula is C14H19FN2OS. The molecule has 0 unspecified atom stereocenters. The van der Waals surface area contributed by atoms with Gasteiger partial charge >= 0.3 is 0 Å². The minimum absolute atomic E-state index is 0.0667. The van der Waals surface area contributed by atoms with Gasteiger partial charge < -0.3 is 11.1 Å². The Morgan fingerprint density at radius 3 is 2.63 bits per heavy atom. The van der Waals surface area contributed by atoms with Crippen LogP contribution in [0.5, 0.6) is 0 Å². The summed E-state index contributed by atoms with van der Waals surface area (Å²) < 4.78 is 13.3. The molecule has 0 spiro atoms. The number of carbonyl (C=O) groups is 1. The van der Waals surface area contributed by atoms with Crippen molar-refractivity contribution >= 4 is 23.4 Å². The first-order chi connectivity index (χ1) is 9.10. The first kappa shape index (κ1) is 14.2. The van der Waals surface area contributed by atoms with Gasteiger partial charge in [-0.1, -0.05) is 0 Å². The summed E-state index contributed by atoms with van der Waals surface area (Å²) in [5, 5.41) is 3.68. The molecule has 3 nitrogen and oxygen atoms in total. The molecule has 104 valence electrons. The summed E-state index contributed by atoms with van der Waals surface area (Å²) in [5.74, 6) is -0.759. The van der Waals surface area contributed by atoms with Gasteiger partial charge in [0.15, 0.2) is 0 Å². The second-order valence-corrected chi connectivity index (χ2v) is 6.06. The van der Waals surface area contributed by atoms with Crippen molar-refractivity contribution in [1.82, 2.24) is 5.32 Å². The lowest BCUT2D eigenvalue weighted by molar-refractivity contribution is 0.0927. The molecule has 1 amide bonds. The molecule has 2 rings (SSSR count). The average molecular weight is 282 g/mol. The maximum absolute atomic E-state index is 13.3. The molecule has 3 N–H and O–H groups in total. The monoisotopic (exact) mass is 282 g/mol. The summed E-state index contributed by atoms with van der Waals surface area (Å²) >= 11 is 1.89. The highest BCUT2D eigenvalue weighted by atomic mass is 32.2. The number of nitrogens with one attached hydrogen (secondary N) is 1. The van der Waals surface area contributed by atoms with Crippen LogP contribution >= 0.6 is 11.8 Å². The van der Waals surface area contributed by atoms with Gasteiger partial charge in [0.05, 0.1) is 5.69 Å². The number of halogens is 1. The summed E-state index contributed by atoms with van der Waals surface area (Å²) in [5.41, 5.74) is 5.79. The minimum Gasteiger partial charge on any atom is -0.396 e. The van der Waals surface area contributed by atoms with Crippen LogP contribution in [0.25, 0.3) is 0 Å². The van der Waals surface area contributed by atoms with E-state index in [0.717, 1.165) is 25.7 Å². The van der Waals surface area contributed by atoms with Gasteiger partial charge in [-0.25, -0.2) is 4.39 Å². The SMILES string of the molecule is CSC1CCC(NC(=O)c2ccc(N)c(F)c2)CC1. The quantitative estimate of drug-likeness (QED) is 0.838. The number of anilines is 1. The third kappa shape index (κ3) is 3.62. The third-order valence-electron chi connectivity index (χ3n) is 3.61. The average Bonchev–Trinajstić information content (AvgIpc) is 2.42. The third-order valence-corrected chi connectivity index (χ3v) is 4.74. The van der Waals surface area contributed by atoms with Crippen LogP contribution in [0.1, 0.15) is 36.0 Å². The predicted octanol–water partition coefficient (Wildman–Crippen LogP) is 2.81. The molecule has 19 heavy (non-hydrogen) atoms. The maximum atomic E-state index is 13.3. The van der Waals surface area contributed by atoms with Gasteiger partial charge in [0.25, 0.3) is 5.91 Å². The van der Waals surface area contributed by atoms with Crippen LogP contribution in [0, 0.1) is 5.82 Å². The van der Waals surface area contributed by atoms with Crippen LogP contribution in [-0.4, -0.2) is 23.5 Å². The number of hydrogen-bond donors (Lipinski definition) is 2. The first-order valence-electron chi connectivity index (χ1n) is 6.49. The van der Waals surface area contributed by atoms with Crippen molar-refractivity contribution in [2.45, 2.75) is 37.0 Å². The summed E-state index contributed by atoms with van der Waals surface area (Å²) in [6, 6.07) is 4.38. The molecule has 1 aromatic rings. The van der Waals surface area contributed by atoms with Gasteiger partial charge in [-0.05, 0) is 50.1 Å². The van der Waals surface area contributed by atoms with Crippen LogP contribution < -0.4 is 11.1 Å². The number of rotatable bonds is 3. The van der Waals surface area contributed by atoms with E-state index in [0.29, 0.717) is 10.8 Å². The van der Waals surface area contributed by atoms with Crippen molar-refractivity contribution in [2.24, 2.45) is 0 Å². The van der Waals surface area contributed by atoms with E-state index in [1.807, 2.05) is 11.8 Å². The summed E-state index contributed by atoms with van der Waals surface area (Å²) in [4.78, 5) is 12.0. The van der Waals surface area contributed by atoms with E-state index in [9.17, 15) is 9.18 Å². The predicted molar refractivity (Wildman–Crippen MR) is 77.8 cm³/mol. The number of nitrogen functional groups attached to an aromatic ring is 1. The minimum atomic E-state index is -0.543. The van der Waals surface area contributed by atoms with Gasteiger partial charge in [-0.15, -0.1) is 0 Å². The fraction of sp³-hybridized carbons (Fsp3) is 0.500. The molecule has 1 fully saturated rings. The Morgan fingerprint density at radius 1 is 1.37 bits per heavy atom. The van der Waals surface area contributed by atoms with Crippen molar-refractivity contribution in [1.29, 1.82) is 0 Å². The maximum Gasteiger partial charge on any atom is 0.251 e. The van der Waals surface area contributed by atoms with E-state index < -0.39 is 5.82 Å². The Hall–Kier alpha value is -1.23. The van der Waals surface area contributed by atoms with E-state index >= 15 is 0 Å². The van der Waals surface area contributed by atoms with E-state index in [4.69, 9.17) is 5.73 Å². The Bertz CT molecular complexity index is 459. The van der Waals surface area contributed by atoms with Gasteiger partial charge in [0, 0.05) is 16.9 Å². The molecule has 5 heteroatoms. The second kappa shape index (κ2) is 6.28. The number of amides is 1. The van der Waals surface area contributed by atoms with Gasteiger partial charge in [0.1, 0.15) is 5.82 Å². The lowest BCUT2D eigenvalue weighted by atomic mass is 9.94. The van der Waals surface area contributed by atoms with Crippen LogP contribution in [0.3, 0.4) is 0 Å². The van der Waals surface area contributed by atoms with Crippen LogP contribution in [0.2, 0.25) is 0 Å². The number of nitrogens with two attached hydrogens (primary N) is 1. The number of benzene rings is 1. The molecule has 0 saturated heterocycles. The molecule has 0 aliphatic heterocycles. The topological polar surface area (TPSA) is 55.1 Å². The van der Waals surface area contributed by atoms with E-state index in [1.165, 1.54) is 12.1 Å². The molecule has 0 atom stereocenters. The van der Waals surface area contributed by atoms with Crippen molar-refractivity contribution in [3.63, 3.8) is 0 Å². The Morgan fingerprint density at radius 2 is 2.05 bits per heavy atom. The number of carbonyl (C=O) groups excluding carboxylic acids is 1. The fourth-order valence-electron chi connectivity index (χ4n) is 2.38. The zero-order valence-electron chi connectivity index (χ0n) is 11.0. The Kier molecular flexibility index (Phi) is 4.69. The van der Waals surface area contributed by atoms with Crippen LogP contribution in [0.15, 0.2) is 18.2 Å². The van der Waals surface area contributed by atoms with Crippen molar-refractivity contribution < 1.29 is 9.18 Å². The first-order valence-corrected chi connectivity index (χ1v) is 7.77. The molecule has 0 heterocycles. The summed E-state index contributed by atoms with van der Waals surface area (Å²) in [6.45, 7) is 0. The van der Waals surface area contributed by atoms with E-state index in [2.05, 4.69) is 11.6 Å². The number of thioether (sulfide) groups is 1. The molecule has 0 radical (unpaired) electrons. The van der Waals surface area contributed by atoms with Gasteiger partial charge in [-0.2, -0.15) is 11.8 Å². The molecular weight excluding hydrogens is 263 g/mol. The van der Waals surface area contributed by atoms with Crippen molar-refractivity contribution in [3.05, 3.63) is 29.6 Å². The standard InChI is InChI=1S/C14H19FN2OS/c1-19-11-5-3-10(4-6-11)17-14(18)9-2-7-13(16)12(15)8-9/h2,7-8,10-11H,3-6,16H2,1H3,(H,17,18). The molecule has 0 aromatic heterocycles. The van der Waals surface area contributed by atoms with Gasteiger partial charge in [0.2, 0.25) is 0 Å². The zero-order chi connectivity index (χ0) is 13.8. The second-order valence-electron chi connectivity index (χ2n) is 4.92. The molecule has 1 aliphatic carbocycles. The van der Waals surface area contributed by atoms with E-state index in [1.54, 1.807) is 6.07 Å². The Balaban J connectivity index is 1.92. The smallest absolute Gasteiger partial charge is 0.251 e. The van der Waals surface area contributed by atoms with Crippen molar-refractivity contribution in [3.8, 4) is 0 Å². The normalized spacial score (nSPS) is 23.1. The summed E-state index contributed by atoms with van der Waals surface area (Å²) in [6.07, 6.45) is 6.37. The van der Waals surface area contributed by atoms with Gasteiger partial charge in [-0.3, -0.25) is 4.79 Å². The highest BCUT2D eigenvalue weighted by molar-refractivity contribution is 7.99. The lowest BCUT2D eigenvalue weighted by Crippen LogP contribution is -2.38. The molecule has 1 aliphatic rings. The largest absolute Gasteiger partial charge is 0.396 e. The van der Waals surface area contributed by atoms with Crippen LogP contribution in [0.4, 0.5) is 10.1 Å².